The van der Waals surface area contributed by atoms with Gasteiger partial charge in [0.1, 0.15) is 0 Å². The van der Waals surface area contributed by atoms with Gasteiger partial charge in [0.15, 0.2) is 9.84 Å². The van der Waals surface area contributed by atoms with E-state index in [0.717, 1.165) is 43.4 Å². The lowest BCUT2D eigenvalue weighted by molar-refractivity contribution is 0.0920. The average Bonchev–Trinajstić information content (AvgIpc) is 3.33. The lowest BCUT2D eigenvalue weighted by Crippen LogP contribution is -2.50. The first-order chi connectivity index (χ1) is 13.3. The van der Waals surface area contributed by atoms with E-state index in [4.69, 9.17) is 0 Å². The van der Waals surface area contributed by atoms with Crippen molar-refractivity contribution < 1.29 is 13.2 Å². The van der Waals surface area contributed by atoms with Crippen molar-refractivity contribution in [3.8, 4) is 0 Å². The quantitative estimate of drug-likeness (QED) is 0.832. The molecule has 7 heteroatoms. The molecule has 2 aliphatic rings. The number of likely N-dealkylation sites (tertiary alicyclic amines) is 1. The fraction of sp³-hybridized carbons (Fsp3) is 0.571. The van der Waals surface area contributed by atoms with E-state index in [1.165, 1.54) is 0 Å². The summed E-state index contributed by atoms with van der Waals surface area (Å²) in [4.78, 5) is 15.4. The number of carbonyl (C=O) groups is 1. The first-order valence-corrected chi connectivity index (χ1v) is 12.0. The molecule has 2 aliphatic heterocycles. The monoisotopic (exact) mass is 403 g/mol. The van der Waals surface area contributed by atoms with E-state index in [2.05, 4.69) is 28.6 Å². The number of benzene rings is 1. The number of nitrogens with zero attached hydrogens (tertiary/aromatic N) is 2. The van der Waals surface area contributed by atoms with Crippen molar-refractivity contribution in [3.63, 3.8) is 0 Å². The maximum Gasteiger partial charge on any atom is 0.253 e. The molecule has 0 spiro atoms. The number of aromatic nitrogens is 1. The van der Waals surface area contributed by atoms with Crippen molar-refractivity contribution in [1.29, 1.82) is 0 Å². The molecule has 1 aromatic carbocycles. The molecule has 1 amide bonds. The van der Waals surface area contributed by atoms with Crippen molar-refractivity contribution in [2.45, 2.75) is 45.3 Å². The molecule has 2 atom stereocenters. The summed E-state index contributed by atoms with van der Waals surface area (Å²) < 4.78 is 26.7. The highest BCUT2D eigenvalue weighted by Crippen LogP contribution is 2.25. The van der Waals surface area contributed by atoms with E-state index in [1.54, 1.807) is 0 Å². The van der Waals surface area contributed by atoms with Crippen molar-refractivity contribution in [2.24, 2.45) is 5.92 Å². The Labute approximate surface area is 166 Å². The summed E-state index contributed by atoms with van der Waals surface area (Å²) in [5, 5.41) is 3.98. The Morgan fingerprint density at radius 1 is 1.18 bits per heavy atom. The lowest BCUT2D eigenvalue weighted by Gasteiger charge is -2.28. The minimum Gasteiger partial charge on any atom is -0.347 e. The zero-order valence-electron chi connectivity index (χ0n) is 16.6. The molecule has 6 nitrogen and oxygen atoms in total. The van der Waals surface area contributed by atoms with Gasteiger partial charge in [0, 0.05) is 29.7 Å². The molecule has 0 aliphatic carbocycles. The van der Waals surface area contributed by atoms with Gasteiger partial charge in [-0.15, -0.1) is 0 Å². The summed E-state index contributed by atoms with van der Waals surface area (Å²) in [6.45, 7) is 6.97. The van der Waals surface area contributed by atoms with Gasteiger partial charge in [0.05, 0.1) is 23.1 Å². The largest absolute Gasteiger partial charge is 0.347 e. The summed E-state index contributed by atoms with van der Waals surface area (Å²) in [5.41, 5.74) is 1.66. The highest BCUT2D eigenvalue weighted by atomic mass is 32.2. The van der Waals surface area contributed by atoms with Gasteiger partial charge >= 0.3 is 0 Å². The van der Waals surface area contributed by atoms with E-state index in [-0.39, 0.29) is 29.5 Å². The number of hydrogen-bond acceptors (Lipinski definition) is 4. The molecule has 3 heterocycles. The maximum absolute atomic E-state index is 13.1. The van der Waals surface area contributed by atoms with Crippen LogP contribution in [0.3, 0.4) is 0 Å². The zero-order chi connectivity index (χ0) is 19.9. The minimum absolute atomic E-state index is 0.0323. The third kappa shape index (κ3) is 3.82. The fourth-order valence-corrected chi connectivity index (χ4v) is 6.57. The maximum atomic E-state index is 13.1. The molecular formula is C21H29N3O3S. The number of fused-ring (bicyclic) bond motifs is 1. The van der Waals surface area contributed by atoms with Gasteiger partial charge in [-0.05, 0) is 37.9 Å². The first-order valence-electron chi connectivity index (χ1n) is 10.2. The summed E-state index contributed by atoms with van der Waals surface area (Å²) in [6, 6.07) is 7.45. The van der Waals surface area contributed by atoms with Crippen LogP contribution in [0, 0.1) is 5.92 Å². The Morgan fingerprint density at radius 3 is 2.61 bits per heavy atom. The Kier molecular flexibility index (Phi) is 5.22. The Bertz CT molecular complexity index is 974. The number of rotatable bonds is 5. The van der Waals surface area contributed by atoms with Gasteiger partial charge in [0.2, 0.25) is 0 Å². The normalized spacial score (nSPS) is 25.0. The fourth-order valence-electron chi connectivity index (χ4n) is 4.62. The number of sulfone groups is 1. The van der Waals surface area contributed by atoms with Crippen molar-refractivity contribution in [1.82, 2.24) is 14.8 Å². The van der Waals surface area contributed by atoms with E-state index in [1.807, 2.05) is 30.5 Å². The van der Waals surface area contributed by atoms with E-state index >= 15 is 0 Å². The number of nitrogens with one attached hydrogen (secondary N) is 1. The average molecular weight is 404 g/mol. The Hall–Kier alpha value is -1.86. The van der Waals surface area contributed by atoms with E-state index in [0.29, 0.717) is 11.5 Å². The SMILES string of the molecule is CC(C)Cn1cc(C(=O)NC2CS(=O)(=O)CC2N2CCCC2)c2ccccc21. The van der Waals surface area contributed by atoms with E-state index < -0.39 is 9.84 Å². The van der Waals surface area contributed by atoms with Gasteiger partial charge in [-0.25, -0.2) is 8.42 Å². The summed E-state index contributed by atoms with van der Waals surface area (Å²) in [7, 11) is -3.12. The number of amides is 1. The second kappa shape index (κ2) is 7.52. The molecule has 0 radical (unpaired) electrons. The van der Waals surface area contributed by atoms with Crippen molar-refractivity contribution in [2.75, 3.05) is 24.6 Å². The van der Waals surface area contributed by atoms with Gasteiger partial charge in [-0.3, -0.25) is 9.69 Å². The number of carbonyl (C=O) groups excluding carboxylic acids is 1. The second-order valence-electron chi connectivity index (χ2n) is 8.57. The van der Waals surface area contributed by atoms with Crippen LogP contribution in [0.15, 0.2) is 30.5 Å². The van der Waals surface area contributed by atoms with Crippen LogP contribution in [0.4, 0.5) is 0 Å². The molecule has 28 heavy (non-hydrogen) atoms. The molecular weight excluding hydrogens is 374 g/mol. The minimum atomic E-state index is -3.12. The van der Waals surface area contributed by atoms with Crippen molar-refractivity contribution >= 4 is 26.6 Å². The predicted molar refractivity (Wildman–Crippen MR) is 111 cm³/mol. The predicted octanol–water partition coefficient (Wildman–Crippen LogP) is 2.29. The van der Waals surface area contributed by atoms with Gasteiger partial charge < -0.3 is 9.88 Å². The van der Waals surface area contributed by atoms with Crippen LogP contribution in [-0.4, -0.2) is 60.5 Å². The molecule has 2 unspecified atom stereocenters. The molecule has 1 N–H and O–H groups in total. The molecule has 152 valence electrons. The van der Waals surface area contributed by atoms with Crippen LogP contribution in [0.1, 0.15) is 37.0 Å². The molecule has 2 saturated heterocycles. The third-order valence-electron chi connectivity index (χ3n) is 5.84. The standard InChI is InChI=1S/C21H29N3O3S/c1-15(2)11-24-12-17(16-7-3-4-8-19(16)24)21(25)22-18-13-28(26,27)14-20(18)23-9-5-6-10-23/h3-4,7-8,12,15,18,20H,5-6,9-11,13-14H2,1-2H3,(H,22,25). The second-order valence-corrected chi connectivity index (χ2v) is 10.7. The Morgan fingerprint density at radius 2 is 1.89 bits per heavy atom. The summed E-state index contributed by atoms with van der Waals surface area (Å²) in [6.07, 6.45) is 4.11. The topological polar surface area (TPSA) is 71.4 Å². The Balaban J connectivity index is 1.61. The smallest absolute Gasteiger partial charge is 0.253 e. The molecule has 0 saturated carbocycles. The highest BCUT2D eigenvalue weighted by molar-refractivity contribution is 7.91. The molecule has 4 rings (SSSR count). The first kappa shape index (κ1) is 19.5. The van der Waals surface area contributed by atoms with Crippen LogP contribution in [0.25, 0.3) is 10.9 Å². The van der Waals surface area contributed by atoms with Gasteiger partial charge in [0.25, 0.3) is 5.91 Å². The van der Waals surface area contributed by atoms with Crippen LogP contribution in [0.2, 0.25) is 0 Å². The van der Waals surface area contributed by atoms with Gasteiger partial charge in [-0.2, -0.15) is 0 Å². The zero-order valence-corrected chi connectivity index (χ0v) is 17.4. The highest BCUT2D eigenvalue weighted by Gasteiger charge is 2.42. The molecule has 2 fully saturated rings. The van der Waals surface area contributed by atoms with Crippen LogP contribution < -0.4 is 5.32 Å². The third-order valence-corrected chi connectivity index (χ3v) is 7.56. The van der Waals surface area contributed by atoms with Crippen LogP contribution in [0.5, 0.6) is 0 Å². The van der Waals surface area contributed by atoms with Crippen LogP contribution in [-0.2, 0) is 16.4 Å². The van der Waals surface area contributed by atoms with Gasteiger partial charge in [-0.1, -0.05) is 32.0 Å². The molecule has 2 aromatic rings. The summed E-state index contributed by atoms with van der Waals surface area (Å²) in [5.74, 6) is 0.466. The van der Waals surface area contributed by atoms with Crippen LogP contribution >= 0.6 is 0 Å². The lowest BCUT2D eigenvalue weighted by atomic mass is 10.1. The molecule has 1 aromatic heterocycles. The summed E-state index contributed by atoms with van der Waals surface area (Å²) >= 11 is 0. The van der Waals surface area contributed by atoms with Crippen molar-refractivity contribution in [3.05, 3.63) is 36.0 Å². The van der Waals surface area contributed by atoms with E-state index in [9.17, 15) is 13.2 Å². The number of para-hydroxylation sites is 1. The number of hydrogen-bond donors (Lipinski definition) is 1. The molecule has 0 bridgehead atoms.